The van der Waals surface area contributed by atoms with Crippen LogP contribution < -0.4 is 26.4 Å². The van der Waals surface area contributed by atoms with Crippen molar-refractivity contribution in [3.05, 3.63) is 90.0 Å². The molecule has 3 aromatic rings. The number of hydrogen-bond donors (Lipinski definition) is 4. The van der Waals surface area contributed by atoms with Gasteiger partial charge in [-0.2, -0.15) is 22.0 Å². The molecule has 4 amide bonds. The summed E-state index contributed by atoms with van der Waals surface area (Å²) in [4.78, 5) is 65.3. The highest BCUT2D eigenvalue weighted by molar-refractivity contribution is 7.98. The molecule has 5 N–H and O–H groups in total. The SMILES string of the molecule is COc1ccc(N=Nc2ccc(COC(=O)C(NC(=O)C(CC(N)=O)NC(=O)C(CCSC)NC(=O)OC(C)(C)C)C(C)OCc3ccccc3)cc2)cc1. The number of esters is 1. The molecule has 0 bridgehead atoms. The zero-order chi connectivity index (χ0) is 40.4. The van der Waals surface area contributed by atoms with Gasteiger partial charge < -0.3 is 40.6 Å². The highest BCUT2D eigenvalue weighted by Gasteiger charge is 2.34. The topological polar surface area (TPSA) is 209 Å². The van der Waals surface area contributed by atoms with E-state index in [4.69, 9.17) is 24.7 Å². The molecule has 0 aromatic heterocycles. The molecule has 3 aromatic carbocycles. The molecule has 0 aliphatic heterocycles. The van der Waals surface area contributed by atoms with Gasteiger partial charge in [-0.1, -0.05) is 42.5 Å². The normalized spacial score (nSPS) is 13.5. The van der Waals surface area contributed by atoms with Crippen LogP contribution in [0.3, 0.4) is 0 Å². The van der Waals surface area contributed by atoms with E-state index in [1.165, 1.54) is 11.8 Å². The number of alkyl carbamates (subject to hydrolysis) is 1. The van der Waals surface area contributed by atoms with Gasteiger partial charge in [0.2, 0.25) is 17.7 Å². The van der Waals surface area contributed by atoms with E-state index in [1.54, 1.807) is 83.3 Å². The number of carbonyl (C=O) groups excluding carboxylic acids is 5. The van der Waals surface area contributed by atoms with Crippen molar-refractivity contribution in [3.63, 3.8) is 0 Å². The number of benzene rings is 3. The van der Waals surface area contributed by atoms with Gasteiger partial charge in [-0.15, -0.1) is 0 Å². The van der Waals surface area contributed by atoms with Crippen molar-refractivity contribution in [3.8, 4) is 5.75 Å². The van der Waals surface area contributed by atoms with Crippen LogP contribution in [-0.2, 0) is 46.6 Å². The fraction of sp³-hybridized carbons (Fsp3) is 0.410. The second-order valence-corrected chi connectivity index (χ2v) is 14.4. The Balaban J connectivity index is 1.75. The van der Waals surface area contributed by atoms with E-state index in [-0.39, 0.29) is 19.6 Å². The Labute approximate surface area is 325 Å². The first-order valence-electron chi connectivity index (χ1n) is 17.5. The van der Waals surface area contributed by atoms with E-state index in [0.717, 1.165) is 5.56 Å². The van der Waals surface area contributed by atoms with Crippen LogP contribution in [0.2, 0.25) is 0 Å². The Kier molecular flexibility index (Phi) is 17.6. The van der Waals surface area contributed by atoms with Crippen LogP contribution in [0.15, 0.2) is 89.1 Å². The minimum absolute atomic E-state index is 0.114. The number of thioether (sulfide) groups is 1. The van der Waals surface area contributed by atoms with E-state index in [0.29, 0.717) is 28.4 Å². The van der Waals surface area contributed by atoms with Crippen LogP contribution in [0.1, 0.15) is 51.7 Å². The smallest absolute Gasteiger partial charge is 0.408 e. The molecule has 0 heterocycles. The number of azo groups is 1. The fourth-order valence-electron chi connectivity index (χ4n) is 4.82. The Morgan fingerprint density at radius 1 is 0.782 bits per heavy atom. The van der Waals surface area contributed by atoms with Crippen molar-refractivity contribution in [1.29, 1.82) is 0 Å². The number of amides is 4. The fourth-order valence-corrected chi connectivity index (χ4v) is 5.30. The molecule has 4 atom stereocenters. The molecule has 0 spiro atoms. The molecule has 0 saturated heterocycles. The lowest BCUT2D eigenvalue weighted by atomic mass is 10.1. The van der Waals surface area contributed by atoms with Crippen LogP contribution >= 0.6 is 11.8 Å². The molecule has 55 heavy (non-hydrogen) atoms. The lowest BCUT2D eigenvalue weighted by Gasteiger charge is -2.27. The number of ether oxygens (including phenoxy) is 4. The third-order valence-corrected chi connectivity index (χ3v) is 8.35. The number of carbonyl (C=O) groups is 5. The molecule has 0 fully saturated rings. The Bertz CT molecular complexity index is 1740. The van der Waals surface area contributed by atoms with E-state index in [1.807, 2.05) is 36.6 Å². The Morgan fingerprint density at radius 3 is 1.93 bits per heavy atom. The highest BCUT2D eigenvalue weighted by atomic mass is 32.2. The van der Waals surface area contributed by atoms with Crippen LogP contribution in [0.5, 0.6) is 5.75 Å². The predicted molar refractivity (Wildman–Crippen MR) is 208 cm³/mol. The van der Waals surface area contributed by atoms with Gasteiger partial charge in [-0.05, 0) is 93.6 Å². The molecule has 0 aliphatic carbocycles. The summed E-state index contributed by atoms with van der Waals surface area (Å²) in [5, 5.41) is 16.1. The summed E-state index contributed by atoms with van der Waals surface area (Å²) in [5.41, 5.74) is 7.30. The average Bonchev–Trinajstić information content (AvgIpc) is 3.15. The second kappa shape index (κ2) is 22.0. The molecule has 296 valence electrons. The van der Waals surface area contributed by atoms with Crippen LogP contribution in [-0.4, -0.2) is 78.7 Å². The van der Waals surface area contributed by atoms with Gasteiger partial charge in [-0.25, -0.2) is 9.59 Å². The number of nitrogens with two attached hydrogens (primary N) is 1. The van der Waals surface area contributed by atoms with Crippen molar-refractivity contribution >= 4 is 52.9 Å². The maximum absolute atomic E-state index is 13.7. The molecule has 3 rings (SSSR count). The van der Waals surface area contributed by atoms with E-state index >= 15 is 0 Å². The maximum atomic E-state index is 13.7. The van der Waals surface area contributed by atoms with Crippen molar-refractivity contribution < 1.29 is 42.9 Å². The first-order chi connectivity index (χ1) is 26.2. The summed E-state index contributed by atoms with van der Waals surface area (Å²) in [5.74, 6) is -2.17. The van der Waals surface area contributed by atoms with E-state index in [2.05, 4.69) is 26.2 Å². The van der Waals surface area contributed by atoms with Crippen LogP contribution in [0.25, 0.3) is 0 Å². The molecule has 0 aliphatic rings. The van der Waals surface area contributed by atoms with Crippen LogP contribution in [0.4, 0.5) is 16.2 Å². The standard InChI is InChI=1S/C39H50N6O9S/c1-25(52-23-26-10-8-7-9-11-26)34(37(49)53-24-27-12-14-28(15-13-27)44-45-29-16-18-30(51-5)19-17-29)43-36(48)32(22-33(40)46)41-35(47)31(20-21-55-6)42-38(50)54-39(2,3)4/h7-19,25,31-32,34H,20-24H2,1-6H3,(H2,40,46)(H,41,47)(H,42,50)(H,43,48). The van der Waals surface area contributed by atoms with Gasteiger partial charge in [-0.3, -0.25) is 14.4 Å². The second-order valence-electron chi connectivity index (χ2n) is 13.4. The zero-order valence-corrected chi connectivity index (χ0v) is 32.7. The van der Waals surface area contributed by atoms with Crippen molar-refractivity contribution in [1.82, 2.24) is 16.0 Å². The summed E-state index contributed by atoms with van der Waals surface area (Å²) in [7, 11) is 1.58. The van der Waals surface area contributed by atoms with Gasteiger partial charge in [0.15, 0.2) is 6.04 Å². The van der Waals surface area contributed by atoms with Gasteiger partial charge in [0, 0.05) is 0 Å². The number of methoxy groups -OCH3 is 1. The van der Waals surface area contributed by atoms with Crippen molar-refractivity contribution in [2.75, 3.05) is 19.1 Å². The lowest BCUT2D eigenvalue weighted by molar-refractivity contribution is -0.154. The van der Waals surface area contributed by atoms with Gasteiger partial charge >= 0.3 is 12.1 Å². The average molecular weight is 779 g/mol. The van der Waals surface area contributed by atoms with Gasteiger partial charge in [0.05, 0.1) is 37.6 Å². The minimum Gasteiger partial charge on any atom is -0.497 e. The molecule has 15 nitrogen and oxygen atoms in total. The lowest BCUT2D eigenvalue weighted by Crippen LogP contribution is -2.58. The summed E-state index contributed by atoms with van der Waals surface area (Å²) in [6, 6.07) is 19.2. The number of primary amides is 1. The first-order valence-corrected chi connectivity index (χ1v) is 18.9. The van der Waals surface area contributed by atoms with Gasteiger partial charge in [0.25, 0.3) is 0 Å². The molecule has 16 heteroatoms. The van der Waals surface area contributed by atoms with Crippen molar-refractivity contribution in [2.24, 2.45) is 16.0 Å². The number of hydrogen-bond acceptors (Lipinski definition) is 12. The minimum atomic E-state index is -1.50. The van der Waals surface area contributed by atoms with Crippen molar-refractivity contribution in [2.45, 2.75) is 83.6 Å². The van der Waals surface area contributed by atoms with E-state index in [9.17, 15) is 24.0 Å². The Hall–Kier alpha value is -5.48. The monoisotopic (exact) mass is 778 g/mol. The van der Waals surface area contributed by atoms with Crippen LogP contribution in [0, 0.1) is 0 Å². The zero-order valence-electron chi connectivity index (χ0n) is 31.9. The summed E-state index contributed by atoms with van der Waals surface area (Å²) in [6.45, 7) is 6.58. The molecule has 0 saturated carbocycles. The quantitative estimate of drug-likeness (QED) is 0.0865. The number of nitrogens with one attached hydrogen (secondary N) is 3. The Morgan fingerprint density at radius 2 is 1.36 bits per heavy atom. The molecule has 0 radical (unpaired) electrons. The molecular weight excluding hydrogens is 729 g/mol. The summed E-state index contributed by atoms with van der Waals surface area (Å²) in [6.07, 6.45) is -0.320. The highest BCUT2D eigenvalue weighted by Crippen LogP contribution is 2.22. The number of nitrogens with zero attached hydrogens (tertiary/aromatic N) is 2. The summed E-state index contributed by atoms with van der Waals surface area (Å²) >= 11 is 1.44. The maximum Gasteiger partial charge on any atom is 0.408 e. The third kappa shape index (κ3) is 16.2. The predicted octanol–water partition coefficient (Wildman–Crippen LogP) is 5.25. The largest absolute Gasteiger partial charge is 0.497 e. The summed E-state index contributed by atoms with van der Waals surface area (Å²) < 4.78 is 22.1. The molecule has 4 unspecified atom stereocenters. The molecular formula is C39H50N6O9S. The van der Waals surface area contributed by atoms with E-state index < -0.39 is 66.0 Å². The third-order valence-electron chi connectivity index (χ3n) is 7.70. The number of rotatable bonds is 20. The van der Waals surface area contributed by atoms with Gasteiger partial charge in [0.1, 0.15) is 30.0 Å². The first kappa shape index (κ1) is 43.9.